The van der Waals surface area contributed by atoms with Crippen LogP contribution in [0.25, 0.3) is 0 Å². The number of primary amides is 1. The summed E-state index contributed by atoms with van der Waals surface area (Å²) in [6.45, 7) is 4.51. The van der Waals surface area contributed by atoms with E-state index in [1.807, 2.05) is 0 Å². The van der Waals surface area contributed by atoms with Gasteiger partial charge in [-0.1, -0.05) is 26.7 Å². The minimum atomic E-state index is -0.578. The Labute approximate surface area is 91.3 Å². The summed E-state index contributed by atoms with van der Waals surface area (Å²) in [5, 5.41) is 4.01. The number of nitrogens with one attached hydrogen (secondary N) is 1. The van der Waals surface area contributed by atoms with Gasteiger partial charge in [0.1, 0.15) is 0 Å². The van der Waals surface area contributed by atoms with Crippen LogP contribution < -0.4 is 11.2 Å². The lowest BCUT2D eigenvalue weighted by molar-refractivity contribution is 0.213. The zero-order valence-electron chi connectivity index (χ0n) is 9.68. The Kier molecular flexibility index (Phi) is 4.12. The van der Waals surface area contributed by atoms with Crippen molar-refractivity contribution >= 4 is 11.7 Å². The van der Waals surface area contributed by atoms with E-state index in [-0.39, 0.29) is 0 Å². The number of carbonyl (C=O) groups excluding carboxylic acids is 1. The molecule has 0 aromatic carbocycles. The highest BCUT2D eigenvalue weighted by atomic mass is 16.2. The van der Waals surface area contributed by atoms with Gasteiger partial charge < -0.3 is 5.73 Å². The van der Waals surface area contributed by atoms with Gasteiger partial charge >= 0.3 is 6.03 Å². The van der Waals surface area contributed by atoms with Crippen molar-refractivity contribution in [1.29, 1.82) is 0 Å². The first-order chi connectivity index (χ1) is 7.12. The molecule has 0 aromatic rings. The highest BCUT2D eigenvalue weighted by Crippen LogP contribution is 2.40. The molecule has 0 aromatic heterocycles. The summed E-state index contributed by atoms with van der Waals surface area (Å²) in [4.78, 5) is 10.5. The monoisotopic (exact) mass is 211 g/mol. The van der Waals surface area contributed by atoms with Crippen molar-refractivity contribution in [3.8, 4) is 0 Å². The van der Waals surface area contributed by atoms with E-state index in [9.17, 15) is 4.79 Å². The maximum atomic E-state index is 10.5. The summed E-state index contributed by atoms with van der Waals surface area (Å²) in [5.74, 6) is 0. The number of amides is 2. The van der Waals surface area contributed by atoms with Crippen LogP contribution in [0.5, 0.6) is 0 Å². The van der Waals surface area contributed by atoms with Crippen molar-refractivity contribution in [2.24, 2.45) is 16.3 Å². The lowest BCUT2D eigenvalue weighted by Gasteiger charge is -2.36. The van der Waals surface area contributed by atoms with Crippen molar-refractivity contribution < 1.29 is 4.79 Å². The Hall–Kier alpha value is -1.06. The van der Waals surface area contributed by atoms with E-state index in [1.165, 1.54) is 25.7 Å². The Bertz CT molecular complexity index is 245. The summed E-state index contributed by atoms with van der Waals surface area (Å²) in [6, 6.07) is -0.578. The SMILES string of the molecule is CCC1(CC)CCC(=NNC(N)=O)CC1. The van der Waals surface area contributed by atoms with E-state index in [1.54, 1.807) is 0 Å². The average Bonchev–Trinajstić information content (AvgIpc) is 2.27. The maximum absolute atomic E-state index is 10.5. The minimum absolute atomic E-state index is 0.506. The summed E-state index contributed by atoms with van der Waals surface area (Å²) < 4.78 is 0. The highest BCUT2D eigenvalue weighted by Gasteiger charge is 2.30. The predicted molar refractivity (Wildman–Crippen MR) is 61.6 cm³/mol. The van der Waals surface area contributed by atoms with Gasteiger partial charge in [0.05, 0.1) is 0 Å². The van der Waals surface area contributed by atoms with E-state index in [4.69, 9.17) is 5.73 Å². The number of hydrogen-bond acceptors (Lipinski definition) is 2. The van der Waals surface area contributed by atoms with Gasteiger partial charge in [0.2, 0.25) is 0 Å². The molecule has 0 heterocycles. The largest absolute Gasteiger partial charge is 0.350 e. The molecular formula is C11H21N3O. The highest BCUT2D eigenvalue weighted by molar-refractivity contribution is 5.86. The molecule has 0 spiro atoms. The smallest absolute Gasteiger partial charge is 0.332 e. The number of hydrazone groups is 1. The number of urea groups is 1. The standard InChI is InChI=1S/C11H21N3O/c1-3-11(4-2)7-5-9(6-8-11)13-14-10(12)15/h3-8H2,1-2H3,(H3,12,14,15). The molecule has 1 fully saturated rings. The van der Waals surface area contributed by atoms with Crippen LogP contribution in [0.4, 0.5) is 4.79 Å². The maximum Gasteiger partial charge on any atom is 0.332 e. The molecular weight excluding hydrogens is 190 g/mol. The lowest BCUT2D eigenvalue weighted by atomic mass is 9.70. The fraction of sp³-hybridized carbons (Fsp3) is 0.818. The van der Waals surface area contributed by atoms with Crippen LogP contribution in [0, 0.1) is 5.41 Å². The Balaban J connectivity index is 2.48. The van der Waals surface area contributed by atoms with E-state index in [2.05, 4.69) is 24.4 Å². The summed E-state index contributed by atoms with van der Waals surface area (Å²) in [5.41, 5.74) is 8.84. The van der Waals surface area contributed by atoms with E-state index < -0.39 is 6.03 Å². The summed E-state index contributed by atoms with van der Waals surface area (Å²) in [6.07, 6.45) is 6.81. The number of rotatable bonds is 3. The minimum Gasteiger partial charge on any atom is -0.350 e. The van der Waals surface area contributed by atoms with E-state index in [0.717, 1.165) is 18.6 Å². The van der Waals surface area contributed by atoms with Crippen molar-refractivity contribution in [3.63, 3.8) is 0 Å². The van der Waals surface area contributed by atoms with Gasteiger partial charge in [-0.15, -0.1) is 0 Å². The second-order valence-electron chi connectivity index (χ2n) is 4.36. The van der Waals surface area contributed by atoms with E-state index in [0.29, 0.717) is 5.41 Å². The van der Waals surface area contributed by atoms with Crippen LogP contribution in [0.15, 0.2) is 5.10 Å². The third-order valence-corrected chi connectivity index (χ3v) is 3.71. The van der Waals surface area contributed by atoms with Crippen LogP contribution in [0.1, 0.15) is 52.4 Å². The van der Waals surface area contributed by atoms with Gasteiger partial charge in [0, 0.05) is 5.71 Å². The molecule has 1 rings (SSSR count). The van der Waals surface area contributed by atoms with E-state index >= 15 is 0 Å². The van der Waals surface area contributed by atoms with Crippen LogP contribution in [0.2, 0.25) is 0 Å². The van der Waals surface area contributed by atoms with Crippen LogP contribution >= 0.6 is 0 Å². The molecule has 4 heteroatoms. The molecule has 15 heavy (non-hydrogen) atoms. The van der Waals surface area contributed by atoms with Gasteiger partial charge in [-0.3, -0.25) is 0 Å². The number of nitrogens with two attached hydrogens (primary N) is 1. The predicted octanol–water partition coefficient (Wildman–Crippen LogP) is 2.39. The molecule has 3 N–H and O–H groups in total. The van der Waals surface area contributed by atoms with Gasteiger partial charge in [0.15, 0.2) is 0 Å². The second-order valence-corrected chi connectivity index (χ2v) is 4.36. The van der Waals surface area contributed by atoms with Gasteiger partial charge in [0.25, 0.3) is 0 Å². The molecule has 0 aliphatic heterocycles. The third-order valence-electron chi connectivity index (χ3n) is 3.71. The third kappa shape index (κ3) is 3.22. The topological polar surface area (TPSA) is 67.5 Å². The molecule has 0 radical (unpaired) electrons. The number of nitrogens with zero attached hydrogens (tertiary/aromatic N) is 1. The molecule has 0 saturated heterocycles. The normalized spacial score (nSPS) is 19.7. The molecule has 1 aliphatic rings. The molecule has 1 aliphatic carbocycles. The molecule has 2 amide bonds. The second kappa shape index (κ2) is 5.14. The molecule has 0 atom stereocenters. The van der Waals surface area contributed by atoms with Crippen LogP contribution in [0.3, 0.4) is 0 Å². The fourth-order valence-electron chi connectivity index (χ4n) is 2.27. The first-order valence-corrected chi connectivity index (χ1v) is 5.73. The lowest BCUT2D eigenvalue weighted by Crippen LogP contribution is -2.30. The van der Waals surface area contributed by atoms with Crippen molar-refractivity contribution in [1.82, 2.24) is 5.43 Å². The van der Waals surface area contributed by atoms with Gasteiger partial charge in [-0.2, -0.15) is 5.10 Å². The van der Waals surface area contributed by atoms with Crippen LogP contribution in [-0.4, -0.2) is 11.7 Å². The first kappa shape index (κ1) is 12.0. The Morgan fingerprint density at radius 2 is 1.93 bits per heavy atom. The quantitative estimate of drug-likeness (QED) is 0.691. The van der Waals surface area contributed by atoms with Crippen molar-refractivity contribution in [2.45, 2.75) is 52.4 Å². The molecule has 0 unspecified atom stereocenters. The number of hydrogen-bond donors (Lipinski definition) is 2. The molecule has 4 nitrogen and oxygen atoms in total. The fourth-order valence-corrected chi connectivity index (χ4v) is 2.27. The van der Waals surface area contributed by atoms with Gasteiger partial charge in [-0.05, 0) is 31.1 Å². The van der Waals surface area contributed by atoms with Crippen molar-refractivity contribution in [2.75, 3.05) is 0 Å². The summed E-state index contributed by atoms with van der Waals surface area (Å²) in [7, 11) is 0. The Morgan fingerprint density at radius 1 is 1.40 bits per heavy atom. The average molecular weight is 211 g/mol. The number of carbonyl (C=O) groups is 1. The molecule has 0 bridgehead atoms. The molecule has 1 saturated carbocycles. The Morgan fingerprint density at radius 3 is 2.33 bits per heavy atom. The first-order valence-electron chi connectivity index (χ1n) is 5.73. The zero-order valence-corrected chi connectivity index (χ0v) is 9.68. The van der Waals surface area contributed by atoms with Crippen LogP contribution in [-0.2, 0) is 0 Å². The zero-order chi connectivity index (χ0) is 11.3. The van der Waals surface area contributed by atoms with Crippen molar-refractivity contribution in [3.05, 3.63) is 0 Å². The van der Waals surface area contributed by atoms with Gasteiger partial charge in [-0.25, -0.2) is 10.2 Å². The molecule has 86 valence electrons. The summed E-state index contributed by atoms with van der Waals surface area (Å²) >= 11 is 0.